The predicted molar refractivity (Wildman–Crippen MR) is 107 cm³/mol. The number of nitrogens with zero attached hydrogens (tertiary/aromatic N) is 4. The minimum absolute atomic E-state index is 0.158. The Labute approximate surface area is 167 Å². The quantitative estimate of drug-likeness (QED) is 0.637. The second kappa shape index (κ2) is 7.38. The first-order valence-electron chi connectivity index (χ1n) is 9.53. The number of nitrogens with one attached hydrogen (secondary N) is 1. The molecule has 0 aromatic carbocycles. The van der Waals surface area contributed by atoms with Crippen molar-refractivity contribution in [2.75, 3.05) is 13.2 Å². The maximum atomic E-state index is 12.4. The van der Waals surface area contributed by atoms with Crippen LogP contribution in [0.1, 0.15) is 55.2 Å². The van der Waals surface area contributed by atoms with Crippen molar-refractivity contribution in [1.29, 1.82) is 0 Å². The summed E-state index contributed by atoms with van der Waals surface area (Å²) in [5.74, 6) is -0.125. The summed E-state index contributed by atoms with van der Waals surface area (Å²) in [7, 11) is 0. The van der Waals surface area contributed by atoms with Crippen LogP contribution in [-0.2, 0) is 22.5 Å². The predicted octanol–water partition coefficient (Wildman–Crippen LogP) is 2.74. The topological polar surface area (TPSA) is 90.6 Å². The van der Waals surface area contributed by atoms with Crippen LogP contribution in [0.2, 0.25) is 0 Å². The zero-order chi connectivity index (χ0) is 19.9. The van der Waals surface area contributed by atoms with Crippen LogP contribution in [0, 0.1) is 0 Å². The number of aromatic nitrogens is 4. The molecular formula is C19H25N5O3S. The lowest BCUT2D eigenvalue weighted by molar-refractivity contribution is -0.0379. The van der Waals surface area contributed by atoms with Crippen LogP contribution in [0.5, 0.6) is 0 Å². The van der Waals surface area contributed by atoms with Gasteiger partial charge in [-0.25, -0.2) is 14.5 Å². The third kappa shape index (κ3) is 3.74. The Kier molecular flexibility index (Phi) is 5.07. The molecule has 0 atom stereocenters. The van der Waals surface area contributed by atoms with Crippen molar-refractivity contribution < 1.29 is 14.3 Å². The molecule has 0 bridgehead atoms. The van der Waals surface area contributed by atoms with Crippen molar-refractivity contribution in [3.63, 3.8) is 0 Å². The standard InChI is InChI=1S/C19H25N5O3S/c1-11(2)26-7-5-6-20-17(25)15-22-16-14-12-8-19(3,4)27-9-13(12)28-18(14)21-10-24(16)23-15/h10-11H,5-9H2,1-4H3,(H,20,25). The van der Waals surface area contributed by atoms with Crippen molar-refractivity contribution in [1.82, 2.24) is 24.9 Å². The summed E-state index contributed by atoms with van der Waals surface area (Å²) in [6.45, 7) is 9.86. The molecule has 0 spiro atoms. The second-order valence-corrected chi connectivity index (χ2v) is 8.97. The van der Waals surface area contributed by atoms with Crippen LogP contribution in [0.4, 0.5) is 0 Å². The van der Waals surface area contributed by atoms with Crippen molar-refractivity contribution in [2.45, 2.75) is 58.8 Å². The Bertz CT molecular complexity index is 1020. The minimum Gasteiger partial charge on any atom is -0.379 e. The van der Waals surface area contributed by atoms with Crippen molar-refractivity contribution in [2.24, 2.45) is 0 Å². The fourth-order valence-corrected chi connectivity index (χ4v) is 4.38. The van der Waals surface area contributed by atoms with Crippen LogP contribution >= 0.6 is 11.3 Å². The van der Waals surface area contributed by atoms with Gasteiger partial charge in [0.25, 0.3) is 5.91 Å². The first kappa shape index (κ1) is 19.2. The molecule has 0 aliphatic carbocycles. The van der Waals surface area contributed by atoms with Gasteiger partial charge in [0.1, 0.15) is 11.2 Å². The molecule has 28 heavy (non-hydrogen) atoms. The van der Waals surface area contributed by atoms with E-state index in [0.717, 1.165) is 23.1 Å². The normalized spacial score (nSPS) is 16.0. The number of fused-ring (bicyclic) bond motifs is 5. The molecule has 1 amide bonds. The molecule has 3 aromatic heterocycles. The van der Waals surface area contributed by atoms with Gasteiger partial charge in [0.05, 0.1) is 23.7 Å². The van der Waals surface area contributed by atoms with E-state index in [1.54, 1.807) is 22.2 Å². The molecule has 9 heteroatoms. The summed E-state index contributed by atoms with van der Waals surface area (Å²) >= 11 is 1.62. The van der Waals surface area contributed by atoms with E-state index in [1.807, 2.05) is 13.8 Å². The minimum atomic E-state index is -0.283. The molecule has 1 aliphatic rings. The zero-order valence-electron chi connectivity index (χ0n) is 16.6. The molecular weight excluding hydrogens is 378 g/mol. The van der Waals surface area contributed by atoms with E-state index in [9.17, 15) is 4.79 Å². The summed E-state index contributed by atoms with van der Waals surface area (Å²) in [4.78, 5) is 23.6. The van der Waals surface area contributed by atoms with Crippen LogP contribution in [-0.4, -0.2) is 50.3 Å². The second-order valence-electron chi connectivity index (χ2n) is 7.89. The van der Waals surface area contributed by atoms with E-state index in [1.165, 1.54) is 10.4 Å². The summed E-state index contributed by atoms with van der Waals surface area (Å²) < 4.78 is 13.0. The number of thiophene rings is 1. The van der Waals surface area contributed by atoms with Crippen molar-refractivity contribution in [3.05, 3.63) is 22.6 Å². The Morgan fingerprint density at radius 1 is 1.46 bits per heavy atom. The molecule has 1 aliphatic heterocycles. The van der Waals surface area contributed by atoms with E-state index in [2.05, 4.69) is 34.2 Å². The van der Waals surface area contributed by atoms with Crippen LogP contribution in [0.25, 0.3) is 15.9 Å². The summed E-state index contributed by atoms with van der Waals surface area (Å²) in [5.41, 5.74) is 1.65. The number of hydrogen-bond acceptors (Lipinski definition) is 7. The Morgan fingerprint density at radius 3 is 3.07 bits per heavy atom. The largest absolute Gasteiger partial charge is 0.379 e. The first-order valence-corrected chi connectivity index (χ1v) is 10.3. The van der Waals surface area contributed by atoms with Gasteiger partial charge in [0.15, 0.2) is 5.65 Å². The average Bonchev–Trinajstić information content (AvgIpc) is 3.20. The molecule has 150 valence electrons. The highest BCUT2D eigenvalue weighted by atomic mass is 32.1. The molecule has 0 fully saturated rings. The average molecular weight is 404 g/mol. The third-order valence-corrected chi connectivity index (χ3v) is 5.78. The zero-order valence-corrected chi connectivity index (χ0v) is 17.4. The maximum Gasteiger partial charge on any atom is 0.290 e. The van der Waals surface area contributed by atoms with Gasteiger partial charge in [-0.1, -0.05) is 0 Å². The molecule has 0 saturated carbocycles. The molecule has 0 saturated heterocycles. The van der Waals surface area contributed by atoms with Crippen LogP contribution in [0.15, 0.2) is 6.33 Å². The number of hydrogen-bond donors (Lipinski definition) is 1. The van der Waals surface area contributed by atoms with E-state index in [4.69, 9.17) is 9.47 Å². The van der Waals surface area contributed by atoms with Crippen LogP contribution in [0.3, 0.4) is 0 Å². The number of ether oxygens (including phenoxy) is 2. The van der Waals surface area contributed by atoms with Gasteiger partial charge in [0, 0.05) is 24.4 Å². The lowest BCUT2D eigenvalue weighted by Gasteiger charge is -2.30. The van der Waals surface area contributed by atoms with Gasteiger partial charge in [-0.15, -0.1) is 16.4 Å². The fraction of sp³-hybridized carbons (Fsp3) is 0.579. The Morgan fingerprint density at radius 2 is 2.29 bits per heavy atom. The summed E-state index contributed by atoms with van der Waals surface area (Å²) in [5, 5.41) is 8.17. The Hall–Kier alpha value is -2.10. The number of carbonyl (C=O) groups is 1. The lowest BCUT2D eigenvalue weighted by atomic mass is 9.94. The fourth-order valence-electron chi connectivity index (χ4n) is 3.31. The maximum absolute atomic E-state index is 12.4. The highest BCUT2D eigenvalue weighted by molar-refractivity contribution is 7.19. The summed E-state index contributed by atoms with van der Waals surface area (Å²) in [6, 6.07) is 0. The van der Waals surface area contributed by atoms with Gasteiger partial charge in [0.2, 0.25) is 5.82 Å². The van der Waals surface area contributed by atoms with E-state index in [-0.39, 0.29) is 23.4 Å². The van der Waals surface area contributed by atoms with Crippen LogP contribution < -0.4 is 5.32 Å². The molecule has 3 aromatic rings. The van der Waals surface area contributed by atoms with Gasteiger partial charge in [-0.2, -0.15) is 0 Å². The molecule has 8 nitrogen and oxygen atoms in total. The molecule has 0 unspecified atom stereocenters. The van der Waals surface area contributed by atoms with Gasteiger partial charge in [-0.05, 0) is 39.7 Å². The van der Waals surface area contributed by atoms with Crippen molar-refractivity contribution in [3.8, 4) is 0 Å². The Balaban J connectivity index is 1.58. The lowest BCUT2D eigenvalue weighted by Crippen LogP contribution is -2.31. The first-order chi connectivity index (χ1) is 13.3. The highest BCUT2D eigenvalue weighted by Crippen LogP contribution is 2.39. The van der Waals surface area contributed by atoms with Gasteiger partial charge < -0.3 is 14.8 Å². The van der Waals surface area contributed by atoms with E-state index < -0.39 is 0 Å². The van der Waals surface area contributed by atoms with E-state index >= 15 is 0 Å². The smallest absolute Gasteiger partial charge is 0.290 e. The van der Waals surface area contributed by atoms with Gasteiger partial charge >= 0.3 is 0 Å². The number of carbonyl (C=O) groups excluding carboxylic acids is 1. The molecule has 4 rings (SSSR count). The number of amides is 1. The number of rotatable bonds is 6. The van der Waals surface area contributed by atoms with Gasteiger partial charge in [-0.3, -0.25) is 4.79 Å². The molecule has 0 radical (unpaired) electrons. The third-order valence-electron chi connectivity index (χ3n) is 4.67. The van der Waals surface area contributed by atoms with E-state index in [0.29, 0.717) is 25.4 Å². The molecule has 1 N–H and O–H groups in total. The highest BCUT2D eigenvalue weighted by Gasteiger charge is 2.31. The molecule has 4 heterocycles. The summed E-state index contributed by atoms with van der Waals surface area (Å²) in [6.07, 6.45) is 3.34. The van der Waals surface area contributed by atoms with Crippen molar-refractivity contribution >= 4 is 33.1 Å². The SMILES string of the molecule is CC(C)OCCCNC(=O)c1nc2c3c4c(sc3ncn2n1)COC(C)(C)C4. The monoisotopic (exact) mass is 403 g/mol.